The Labute approximate surface area is 95.8 Å². The Morgan fingerprint density at radius 2 is 2.44 bits per heavy atom. The number of nitrogens with zero attached hydrogens (tertiary/aromatic N) is 2. The van der Waals surface area contributed by atoms with E-state index in [0.717, 1.165) is 24.7 Å². The van der Waals surface area contributed by atoms with Crippen LogP contribution in [0.15, 0.2) is 4.52 Å². The van der Waals surface area contributed by atoms with Crippen LogP contribution in [0.4, 0.5) is 0 Å². The fourth-order valence-corrected chi connectivity index (χ4v) is 2.05. The predicted octanol–water partition coefficient (Wildman–Crippen LogP) is 0.644. The van der Waals surface area contributed by atoms with Crippen molar-refractivity contribution >= 4 is 0 Å². The lowest BCUT2D eigenvalue weighted by atomic mass is 10.0. The van der Waals surface area contributed by atoms with Crippen LogP contribution in [-0.4, -0.2) is 28.8 Å². The van der Waals surface area contributed by atoms with E-state index in [4.69, 9.17) is 10.3 Å². The smallest absolute Gasteiger partial charge is 0.228 e. The zero-order chi connectivity index (χ0) is 11.4. The first-order valence-corrected chi connectivity index (χ1v) is 6.04. The maximum atomic E-state index is 5.68. The fraction of sp³-hybridized carbons (Fsp3) is 0.818. The van der Waals surface area contributed by atoms with Crippen molar-refractivity contribution in [3.05, 3.63) is 11.7 Å². The largest absolute Gasteiger partial charge is 0.339 e. The number of hydrogen-bond donors (Lipinski definition) is 2. The van der Waals surface area contributed by atoms with Crippen molar-refractivity contribution in [3.8, 4) is 0 Å². The summed E-state index contributed by atoms with van der Waals surface area (Å²) in [6, 6.07) is 0.579. The van der Waals surface area contributed by atoms with Gasteiger partial charge in [0.2, 0.25) is 5.89 Å². The standard InChI is InChI=1S/C11H20N4O/c1-8(12)6-10-14-11(16-15-10)7-9-4-2-3-5-13-9/h8-9,13H,2-7,12H2,1H3. The molecule has 5 heteroatoms. The Morgan fingerprint density at radius 3 is 3.12 bits per heavy atom. The molecular weight excluding hydrogens is 204 g/mol. The Morgan fingerprint density at radius 1 is 1.56 bits per heavy atom. The Kier molecular flexibility index (Phi) is 3.90. The molecule has 1 aromatic rings. The van der Waals surface area contributed by atoms with Gasteiger partial charge in [-0.25, -0.2) is 0 Å². The fourth-order valence-electron chi connectivity index (χ4n) is 2.05. The van der Waals surface area contributed by atoms with Crippen molar-refractivity contribution in [1.82, 2.24) is 15.5 Å². The first-order chi connectivity index (χ1) is 7.74. The molecule has 1 saturated heterocycles. The maximum absolute atomic E-state index is 5.68. The van der Waals surface area contributed by atoms with Gasteiger partial charge in [-0.3, -0.25) is 0 Å². The molecule has 2 atom stereocenters. The molecule has 3 N–H and O–H groups in total. The second kappa shape index (κ2) is 5.41. The highest BCUT2D eigenvalue weighted by molar-refractivity contribution is 4.92. The molecule has 0 aromatic carbocycles. The van der Waals surface area contributed by atoms with Crippen LogP contribution >= 0.6 is 0 Å². The van der Waals surface area contributed by atoms with E-state index in [1.807, 2.05) is 6.92 Å². The van der Waals surface area contributed by atoms with E-state index < -0.39 is 0 Å². The molecule has 2 unspecified atom stereocenters. The van der Waals surface area contributed by atoms with Crippen LogP contribution < -0.4 is 11.1 Å². The molecule has 1 aromatic heterocycles. The molecule has 1 fully saturated rings. The van der Waals surface area contributed by atoms with Gasteiger partial charge >= 0.3 is 0 Å². The van der Waals surface area contributed by atoms with Crippen LogP contribution in [0.2, 0.25) is 0 Å². The van der Waals surface area contributed by atoms with Gasteiger partial charge in [0.15, 0.2) is 5.82 Å². The zero-order valence-electron chi connectivity index (χ0n) is 9.78. The number of nitrogens with two attached hydrogens (primary N) is 1. The van der Waals surface area contributed by atoms with Crippen molar-refractivity contribution in [3.63, 3.8) is 0 Å². The van der Waals surface area contributed by atoms with E-state index in [2.05, 4.69) is 15.5 Å². The second-order valence-electron chi connectivity index (χ2n) is 4.64. The molecule has 5 nitrogen and oxygen atoms in total. The monoisotopic (exact) mass is 224 g/mol. The van der Waals surface area contributed by atoms with E-state index in [1.165, 1.54) is 19.3 Å². The van der Waals surface area contributed by atoms with Gasteiger partial charge in [0.25, 0.3) is 0 Å². The molecule has 0 bridgehead atoms. The lowest BCUT2D eigenvalue weighted by molar-refractivity contribution is 0.329. The third-order valence-corrected chi connectivity index (χ3v) is 2.85. The van der Waals surface area contributed by atoms with Crippen molar-refractivity contribution in [2.24, 2.45) is 5.73 Å². The minimum Gasteiger partial charge on any atom is -0.339 e. The number of rotatable bonds is 4. The van der Waals surface area contributed by atoms with Gasteiger partial charge in [0.1, 0.15) is 0 Å². The normalized spacial score (nSPS) is 23.2. The zero-order valence-corrected chi connectivity index (χ0v) is 9.78. The molecule has 0 amide bonds. The molecule has 2 heterocycles. The third-order valence-electron chi connectivity index (χ3n) is 2.85. The van der Waals surface area contributed by atoms with Gasteiger partial charge in [0, 0.05) is 24.9 Å². The molecule has 0 spiro atoms. The van der Waals surface area contributed by atoms with Crippen LogP contribution in [-0.2, 0) is 12.8 Å². The lowest BCUT2D eigenvalue weighted by Crippen LogP contribution is -2.35. The molecule has 1 aliphatic heterocycles. The topological polar surface area (TPSA) is 77.0 Å². The van der Waals surface area contributed by atoms with Gasteiger partial charge in [-0.05, 0) is 26.3 Å². The average molecular weight is 224 g/mol. The van der Waals surface area contributed by atoms with Crippen LogP contribution in [0, 0.1) is 0 Å². The molecule has 90 valence electrons. The summed E-state index contributed by atoms with van der Waals surface area (Å²) in [6.45, 7) is 3.05. The summed E-state index contributed by atoms with van der Waals surface area (Å²) >= 11 is 0. The Bertz CT molecular complexity index is 318. The van der Waals surface area contributed by atoms with Crippen LogP contribution in [0.5, 0.6) is 0 Å². The van der Waals surface area contributed by atoms with Crippen molar-refractivity contribution < 1.29 is 4.52 Å². The lowest BCUT2D eigenvalue weighted by Gasteiger charge is -2.21. The number of aromatic nitrogens is 2. The maximum Gasteiger partial charge on any atom is 0.228 e. The highest BCUT2D eigenvalue weighted by Crippen LogP contribution is 2.11. The summed E-state index contributed by atoms with van der Waals surface area (Å²) in [5.41, 5.74) is 5.68. The second-order valence-corrected chi connectivity index (χ2v) is 4.64. The highest BCUT2D eigenvalue weighted by Gasteiger charge is 2.17. The van der Waals surface area contributed by atoms with E-state index in [-0.39, 0.29) is 6.04 Å². The molecule has 0 aliphatic carbocycles. The van der Waals surface area contributed by atoms with E-state index in [0.29, 0.717) is 12.5 Å². The molecule has 2 rings (SSSR count). The third kappa shape index (κ3) is 3.28. The number of hydrogen-bond acceptors (Lipinski definition) is 5. The minimum absolute atomic E-state index is 0.0817. The van der Waals surface area contributed by atoms with Gasteiger partial charge in [-0.1, -0.05) is 11.6 Å². The average Bonchev–Trinajstić information content (AvgIpc) is 2.66. The summed E-state index contributed by atoms with van der Waals surface area (Å²) in [4.78, 5) is 4.35. The van der Waals surface area contributed by atoms with E-state index in [9.17, 15) is 0 Å². The van der Waals surface area contributed by atoms with Crippen molar-refractivity contribution in [1.29, 1.82) is 0 Å². The quantitative estimate of drug-likeness (QED) is 0.785. The summed E-state index contributed by atoms with van der Waals surface area (Å²) < 4.78 is 5.21. The van der Waals surface area contributed by atoms with Gasteiger partial charge in [0.05, 0.1) is 0 Å². The van der Waals surface area contributed by atoms with Gasteiger partial charge < -0.3 is 15.6 Å². The highest BCUT2D eigenvalue weighted by atomic mass is 16.5. The van der Waals surface area contributed by atoms with Crippen LogP contribution in [0.3, 0.4) is 0 Å². The Hall–Kier alpha value is -0.940. The molecule has 0 saturated carbocycles. The predicted molar refractivity (Wildman–Crippen MR) is 61.0 cm³/mol. The summed E-state index contributed by atoms with van der Waals surface area (Å²) in [5, 5.41) is 7.39. The van der Waals surface area contributed by atoms with Crippen molar-refractivity contribution in [2.75, 3.05) is 6.54 Å². The van der Waals surface area contributed by atoms with Gasteiger partial charge in [-0.2, -0.15) is 4.98 Å². The van der Waals surface area contributed by atoms with Crippen LogP contribution in [0.25, 0.3) is 0 Å². The molecule has 0 radical (unpaired) electrons. The summed E-state index contributed by atoms with van der Waals surface area (Å²) in [7, 11) is 0. The SMILES string of the molecule is CC(N)Cc1noc(CC2CCCCN2)n1. The number of piperidine rings is 1. The van der Waals surface area contributed by atoms with Crippen LogP contribution in [0.1, 0.15) is 37.9 Å². The van der Waals surface area contributed by atoms with E-state index in [1.54, 1.807) is 0 Å². The van der Waals surface area contributed by atoms with Crippen molar-refractivity contribution in [2.45, 2.75) is 51.1 Å². The summed E-state index contributed by atoms with van der Waals surface area (Å²) in [6.07, 6.45) is 5.29. The number of nitrogens with one attached hydrogen (secondary N) is 1. The minimum atomic E-state index is 0.0817. The van der Waals surface area contributed by atoms with E-state index >= 15 is 0 Å². The first-order valence-electron chi connectivity index (χ1n) is 6.04. The summed E-state index contributed by atoms with van der Waals surface area (Å²) in [5.74, 6) is 1.45. The first kappa shape index (κ1) is 11.5. The molecule has 16 heavy (non-hydrogen) atoms. The Balaban J connectivity index is 1.86. The molecule has 1 aliphatic rings. The van der Waals surface area contributed by atoms with Gasteiger partial charge in [-0.15, -0.1) is 0 Å². The molecular formula is C11H20N4O.